The summed E-state index contributed by atoms with van der Waals surface area (Å²) in [6.45, 7) is 0. The molecule has 1 nitrogen and oxygen atoms in total. The van der Waals surface area contributed by atoms with E-state index in [4.69, 9.17) is 0 Å². The summed E-state index contributed by atoms with van der Waals surface area (Å²) < 4.78 is 86.6. The van der Waals surface area contributed by atoms with Crippen molar-refractivity contribution in [3.8, 4) is 0 Å². The van der Waals surface area contributed by atoms with Gasteiger partial charge in [-0.2, -0.15) is 8.78 Å². The Hall–Kier alpha value is -1.60. The predicted molar refractivity (Wildman–Crippen MR) is 41.6 cm³/mol. The average molecular weight is 260 g/mol. The maximum absolute atomic E-state index is 12.9. The van der Waals surface area contributed by atoms with Crippen LogP contribution >= 0.6 is 0 Å². The van der Waals surface area contributed by atoms with Gasteiger partial charge < -0.3 is 0 Å². The molecule has 0 atom stereocenters. The van der Waals surface area contributed by atoms with Crippen LogP contribution in [0.15, 0.2) is 12.1 Å². The van der Waals surface area contributed by atoms with Gasteiger partial charge in [0.1, 0.15) is 5.82 Å². The van der Waals surface area contributed by atoms with Crippen molar-refractivity contribution in [3.05, 3.63) is 35.1 Å². The molecule has 1 rings (SSSR count). The second kappa shape index (κ2) is 4.34. The van der Waals surface area contributed by atoms with Gasteiger partial charge in [0.2, 0.25) is 5.78 Å². The lowest BCUT2D eigenvalue weighted by molar-refractivity contribution is -0.0960. The Kier molecular flexibility index (Phi) is 3.44. The van der Waals surface area contributed by atoms with Crippen LogP contribution in [0.3, 0.4) is 0 Å². The lowest BCUT2D eigenvalue weighted by Crippen LogP contribution is -2.37. The van der Waals surface area contributed by atoms with E-state index in [-0.39, 0.29) is 12.1 Å². The Morgan fingerprint density at radius 1 is 1.00 bits per heavy atom. The lowest BCUT2D eigenvalue weighted by Gasteiger charge is -2.14. The molecular weight excluding hydrogens is 257 g/mol. The minimum atomic E-state index is -5.16. The van der Waals surface area contributed by atoms with E-state index in [0.29, 0.717) is 0 Å². The van der Waals surface area contributed by atoms with Gasteiger partial charge in [-0.25, -0.2) is 22.0 Å². The molecular formula is C9H3F7O. The molecule has 0 spiro atoms. The van der Waals surface area contributed by atoms with Crippen LogP contribution in [0.1, 0.15) is 10.4 Å². The van der Waals surface area contributed by atoms with E-state index < -0.39 is 41.1 Å². The normalized spacial score (nSPS) is 12.0. The zero-order chi connectivity index (χ0) is 13.4. The first-order valence-electron chi connectivity index (χ1n) is 4.03. The van der Waals surface area contributed by atoms with E-state index in [1.807, 2.05) is 0 Å². The highest BCUT2D eigenvalue weighted by atomic mass is 19.3. The summed E-state index contributed by atoms with van der Waals surface area (Å²) >= 11 is 0. The van der Waals surface area contributed by atoms with Gasteiger partial charge >= 0.3 is 12.3 Å². The number of rotatable bonds is 3. The number of halogens is 7. The van der Waals surface area contributed by atoms with Gasteiger partial charge in [-0.15, -0.1) is 0 Å². The molecule has 0 aliphatic heterocycles. The highest BCUT2D eigenvalue weighted by Crippen LogP contribution is 2.29. The predicted octanol–water partition coefficient (Wildman–Crippen LogP) is 3.19. The van der Waals surface area contributed by atoms with Crippen LogP contribution in [0, 0.1) is 17.5 Å². The van der Waals surface area contributed by atoms with Gasteiger partial charge in [-0.3, -0.25) is 4.79 Å². The third kappa shape index (κ3) is 2.40. The second-order valence-corrected chi connectivity index (χ2v) is 3.00. The van der Waals surface area contributed by atoms with E-state index in [1.54, 1.807) is 0 Å². The fourth-order valence-electron chi connectivity index (χ4n) is 0.975. The fourth-order valence-corrected chi connectivity index (χ4v) is 0.975. The Morgan fingerprint density at radius 3 is 1.94 bits per heavy atom. The van der Waals surface area contributed by atoms with Gasteiger partial charge in [-0.1, -0.05) is 0 Å². The first kappa shape index (κ1) is 13.5. The number of alkyl halides is 4. The zero-order valence-electron chi connectivity index (χ0n) is 7.79. The first-order chi connectivity index (χ1) is 7.67. The Morgan fingerprint density at radius 2 is 1.47 bits per heavy atom. The molecule has 0 amide bonds. The van der Waals surface area contributed by atoms with Crippen molar-refractivity contribution in [2.45, 2.75) is 12.3 Å². The van der Waals surface area contributed by atoms with Crippen LogP contribution in [-0.2, 0) is 0 Å². The number of hydrogen-bond acceptors (Lipinski definition) is 1. The molecule has 1 aromatic rings. The van der Waals surface area contributed by atoms with Crippen molar-refractivity contribution in [3.63, 3.8) is 0 Å². The molecule has 0 radical (unpaired) electrons. The molecule has 0 bridgehead atoms. The largest absolute Gasteiger partial charge is 0.368 e. The third-order valence-electron chi connectivity index (χ3n) is 1.83. The second-order valence-electron chi connectivity index (χ2n) is 3.00. The van der Waals surface area contributed by atoms with Crippen molar-refractivity contribution in [1.29, 1.82) is 0 Å². The van der Waals surface area contributed by atoms with E-state index in [0.717, 1.165) is 0 Å². The van der Waals surface area contributed by atoms with Crippen molar-refractivity contribution in [2.24, 2.45) is 0 Å². The molecule has 0 heterocycles. The highest BCUT2D eigenvalue weighted by Gasteiger charge is 2.50. The van der Waals surface area contributed by atoms with Crippen LogP contribution in [-0.4, -0.2) is 18.1 Å². The molecule has 0 aliphatic carbocycles. The third-order valence-corrected chi connectivity index (χ3v) is 1.83. The molecule has 0 N–H and O–H groups in total. The van der Waals surface area contributed by atoms with E-state index in [2.05, 4.69) is 0 Å². The topological polar surface area (TPSA) is 17.1 Å². The Balaban J connectivity index is 3.27. The van der Waals surface area contributed by atoms with Crippen LogP contribution in [0.2, 0.25) is 0 Å². The van der Waals surface area contributed by atoms with Crippen molar-refractivity contribution < 1.29 is 35.5 Å². The van der Waals surface area contributed by atoms with E-state index >= 15 is 0 Å². The standard InChI is InChI=1S/C9H3F7O/c10-4-2-6(12)5(11)1-3(4)7(17)9(15,16)8(13)14/h1-2,8H. The van der Waals surface area contributed by atoms with Crippen LogP contribution in [0.25, 0.3) is 0 Å². The first-order valence-corrected chi connectivity index (χ1v) is 4.03. The molecule has 0 saturated carbocycles. The Labute approximate surface area is 89.8 Å². The average Bonchev–Trinajstić information content (AvgIpc) is 2.22. The number of carbonyl (C=O) groups is 1. The van der Waals surface area contributed by atoms with E-state index in [1.165, 1.54) is 0 Å². The minimum Gasteiger partial charge on any atom is -0.287 e. The Bertz CT molecular complexity index is 455. The quantitative estimate of drug-likeness (QED) is 0.463. The number of Topliss-reactive ketones (excluding diaryl/α,β-unsaturated/α-hetero) is 1. The molecule has 0 fully saturated rings. The van der Waals surface area contributed by atoms with Gasteiger partial charge in [0, 0.05) is 6.07 Å². The summed E-state index contributed by atoms with van der Waals surface area (Å²) in [7, 11) is 0. The van der Waals surface area contributed by atoms with Crippen molar-refractivity contribution in [1.82, 2.24) is 0 Å². The lowest BCUT2D eigenvalue weighted by atomic mass is 10.0. The highest BCUT2D eigenvalue weighted by molar-refractivity contribution is 6.01. The molecule has 8 heteroatoms. The van der Waals surface area contributed by atoms with Crippen LogP contribution < -0.4 is 0 Å². The summed E-state index contributed by atoms with van der Waals surface area (Å²) in [4.78, 5) is 10.8. The number of carbonyl (C=O) groups excluding carboxylic acids is 1. The maximum Gasteiger partial charge on any atom is 0.368 e. The van der Waals surface area contributed by atoms with Gasteiger partial charge in [0.05, 0.1) is 5.56 Å². The monoisotopic (exact) mass is 260 g/mol. The molecule has 1 aromatic carbocycles. The summed E-state index contributed by atoms with van der Waals surface area (Å²) in [5.74, 6) is -13.1. The summed E-state index contributed by atoms with van der Waals surface area (Å²) in [5, 5.41) is 0. The molecule has 17 heavy (non-hydrogen) atoms. The van der Waals surface area contributed by atoms with Crippen molar-refractivity contribution >= 4 is 5.78 Å². The molecule has 0 aromatic heterocycles. The van der Waals surface area contributed by atoms with Gasteiger partial charge in [0.25, 0.3) is 0 Å². The number of hydrogen-bond donors (Lipinski definition) is 0. The van der Waals surface area contributed by atoms with Gasteiger partial charge in [-0.05, 0) is 6.07 Å². The smallest absolute Gasteiger partial charge is 0.287 e. The summed E-state index contributed by atoms with van der Waals surface area (Å²) in [6, 6.07) is -0.368. The fraction of sp³-hybridized carbons (Fsp3) is 0.222. The number of benzene rings is 1. The number of ketones is 1. The maximum atomic E-state index is 12.9. The van der Waals surface area contributed by atoms with Crippen molar-refractivity contribution in [2.75, 3.05) is 0 Å². The summed E-state index contributed by atoms with van der Waals surface area (Å²) in [6.07, 6.45) is -4.37. The molecule has 0 saturated heterocycles. The molecule has 0 aliphatic rings. The van der Waals surface area contributed by atoms with E-state index in [9.17, 15) is 35.5 Å². The molecule has 94 valence electrons. The van der Waals surface area contributed by atoms with Crippen LogP contribution in [0.5, 0.6) is 0 Å². The minimum absolute atomic E-state index is 0.176. The molecule has 0 unspecified atom stereocenters. The van der Waals surface area contributed by atoms with Crippen LogP contribution in [0.4, 0.5) is 30.7 Å². The zero-order valence-corrected chi connectivity index (χ0v) is 7.79. The SMILES string of the molecule is O=C(c1cc(F)c(F)cc1F)C(F)(F)C(F)F. The summed E-state index contributed by atoms with van der Waals surface area (Å²) in [5.41, 5.74) is -1.63. The van der Waals surface area contributed by atoms with Gasteiger partial charge in [0.15, 0.2) is 11.6 Å².